The molecule has 1 atom stereocenters. The number of likely N-dealkylation sites (tertiary alicyclic amines) is 1. The summed E-state index contributed by atoms with van der Waals surface area (Å²) < 4.78 is 13.7. The van der Waals surface area contributed by atoms with Gasteiger partial charge in [0, 0.05) is 23.0 Å². The molecule has 1 fully saturated rings. The summed E-state index contributed by atoms with van der Waals surface area (Å²) in [6, 6.07) is 5.63. The zero-order chi connectivity index (χ0) is 15.0. The van der Waals surface area contributed by atoms with Crippen LogP contribution in [0.25, 0.3) is 11.3 Å². The highest BCUT2D eigenvalue weighted by atomic mass is 32.1. The van der Waals surface area contributed by atoms with E-state index in [1.54, 1.807) is 6.07 Å². The van der Waals surface area contributed by atoms with Crippen LogP contribution in [0.1, 0.15) is 30.2 Å². The molecule has 1 saturated heterocycles. The summed E-state index contributed by atoms with van der Waals surface area (Å²) in [4.78, 5) is 8.01. The quantitative estimate of drug-likeness (QED) is 0.937. The van der Waals surface area contributed by atoms with E-state index in [0.29, 0.717) is 11.2 Å². The Balaban J connectivity index is 1.95. The number of halogens is 1. The molecule has 0 unspecified atom stereocenters. The third-order valence-electron chi connectivity index (χ3n) is 4.07. The minimum atomic E-state index is -0.225. The van der Waals surface area contributed by atoms with E-state index >= 15 is 0 Å². The standard InChI is InChI=1S/C16H20FN3S/c1-10-6-12(8-13(17)7-10)15-14(21-16(18)19-15)9-20-5-3-4-11(20)2/h6-8,11H,3-5,9H2,1-2H3,(H2,18,19)/t11-/m1/s1. The summed E-state index contributed by atoms with van der Waals surface area (Å²) >= 11 is 1.51. The largest absolute Gasteiger partial charge is 0.375 e. The summed E-state index contributed by atoms with van der Waals surface area (Å²) in [6.07, 6.45) is 2.48. The van der Waals surface area contributed by atoms with Crippen LogP contribution in [0, 0.1) is 12.7 Å². The van der Waals surface area contributed by atoms with Crippen molar-refractivity contribution in [2.75, 3.05) is 12.3 Å². The molecule has 1 aromatic carbocycles. The van der Waals surface area contributed by atoms with Gasteiger partial charge in [-0.2, -0.15) is 0 Å². The summed E-state index contributed by atoms with van der Waals surface area (Å²) in [5, 5.41) is 0.550. The molecule has 3 rings (SSSR count). The van der Waals surface area contributed by atoms with Gasteiger partial charge < -0.3 is 5.73 Å². The number of nitrogens with zero attached hydrogens (tertiary/aromatic N) is 2. The van der Waals surface area contributed by atoms with Crippen molar-refractivity contribution in [3.63, 3.8) is 0 Å². The van der Waals surface area contributed by atoms with E-state index in [-0.39, 0.29) is 5.82 Å². The maximum Gasteiger partial charge on any atom is 0.180 e. The average Bonchev–Trinajstić information content (AvgIpc) is 2.96. The predicted octanol–water partition coefficient (Wildman–Crippen LogP) is 3.82. The first-order valence-corrected chi connectivity index (χ1v) is 8.11. The second kappa shape index (κ2) is 5.73. The van der Waals surface area contributed by atoms with E-state index in [2.05, 4.69) is 16.8 Å². The van der Waals surface area contributed by atoms with E-state index in [9.17, 15) is 4.39 Å². The lowest BCUT2D eigenvalue weighted by molar-refractivity contribution is 0.263. The van der Waals surface area contributed by atoms with Gasteiger partial charge in [0.15, 0.2) is 5.13 Å². The smallest absolute Gasteiger partial charge is 0.180 e. The van der Waals surface area contributed by atoms with Crippen LogP contribution in [0.5, 0.6) is 0 Å². The Morgan fingerprint density at radius 2 is 2.24 bits per heavy atom. The lowest BCUT2D eigenvalue weighted by atomic mass is 10.1. The third-order valence-corrected chi connectivity index (χ3v) is 4.94. The Morgan fingerprint density at radius 1 is 1.43 bits per heavy atom. The Labute approximate surface area is 128 Å². The van der Waals surface area contributed by atoms with E-state index in [0.717, 1.165) is 34.8 Å². The number of hydrogen-bond acceptors (Lipinski definition) is 4. The van der Waals surface area contributed by atoms with E-state index in [4.69, 9.17) is 5.73 Å². The topological polar surface area (TPSA) is 42.1 Å². The molecule has 112 valence electrons. The van der Waals surface area contributed by atoms with E-state index in [1.807, 2.05) is 13.0 Å². The van der Waals surface area contributed by atoms with Crippen LogP contribution in [-0.2, 0) is 6.54 Å². The highest BCUT2D eigenvalue weighted by molar-refractivity contribution is 7.15. The molecule has 1 aliphatic heterocycles. The van der Waals surface area contributed by atoms with Crippen LogP contribution < -0.4 is 5.73 Å². The third kappa shape index (κ3) is 3.09. The van der Waals surface area contributed by atoms with Crippen LogP contribution in [0.4, 0.5) is 9.52 Å². The van der Waals surface area contributed by atoms with Crippen molar-refractivity contribution in [3.05, 3.63) is 34.5 Å². The fourth-order valence-corrected chi connectivity index (χ4v) is 3.87. The Hall–Kier alpha value is -1.46. The highest BCUT2D eigenvalue weighted by Crippen LogP contribution is 2.33. The summed E-state index contributed by atoms with van der Waals surface area (Å²) in [7, 11) is 0. The molecular weight excluding hydrogens is 285 g/mol. The fraction of sp³-hybridized carbons (Fsp3) is 0.438. The molecule has 5 heteroatoms. The van der Waals surface area contributed by atoms with Crippen molar-refractivity contribution in [2.24, 2.45) is 0 Å². The van der Waals surface area contributed by atoms with Crippen LogP contribution in [0.2, 0.25) is 0 Å². The molecule has 3 nitrogen and oxygen atoms in total. The van der Waals surface area contributed by atoms with Gasteiger partial charge in [-0.1, -0.05) is 0 Å². The molecule has 0 saturated carbocycles. The molecule has 2 heterocycles. The first-order valence-electron chi connectivity index (χ1n) is 7.29. The number of nitrogens with two attached hydrogens (primary N) is 1. The second-order valence-electron chi connectivity index (χ2n) is 5.80. The van der Waals surface area contributed by atoms with Gasteiger partial charge in [-0.3, -0.25) is 4.90 Å². The monoisotopic (exact) mass is 305 g/mol. The van der Waals surface area contributed by atoms with Gasteiger partial charge in [-0.25, -0.2) is 9.37 Å². The molecule has 2 N–H and O–H groups in total. The van der Waals surface area contributed by atoms with Gasteiger partial charge >= 0.3 is 0 Å². The predicted molar refractivity (Wildman–Crippen MR) is 85.8 cm³/mol. The highest BCUT2D eigenvalue weighted by Gasteiger charge is 2.23. The number of hydrogen-bond donors (Lipinski definition) is 1. The van der Waals surface area contributed by atoms with Gasteiger partial charge in [0.05, 0.1) is 5.69 Å². The average molecular weight is 305 g/mol. The Morgan fingerprint density at radius 3 is 2.90 bits per heavy atom. The lowest BCUT2D eigenvalue weighted by Gasteiger charge is -2.20. The molecule has 0 radical (unpaired) electrons. The molecule has 21 heavy (non-hydrogen) atoms. The van der Waals surface area contributed by atoms with Crippen molar-refractivity contribution < 1.29 is 4.39 Å². The van der Waals surface area contributed by atoms with Crippen LogP contribution in [0.15, 0.2) is 18.2 Å². The Kier molecular flexibility index (Phi) is 3.95. The normalized spacial score (nSPS) is 19.3. The van der Waals surface area contributed by atoms with Crippen molar-refractivity contribution in [1.29, 1.82) is 0 Å². The number of nitrogen functional groups attached to an aromatic ring is 1. The molecule has 0 amide bonds. The molecule has 0 aliphatic carbocycles. The van der Waals surface area contributed by atoms with Crippen LogP contribution in [-0.4, -0.2) is 22.5 Å². The number of aromatic nitrogens is 1. The van der Waals surface area contributed by atoms with Gasteiger partial charge in [-0.15, -0.1) is 11.3 Å². The van der Waals surface area contributed by atoms with Crippen molar-refractivity contribution >= 4 is 16.5 Å². The summed E-state index contributed by atoms with van der Waals surface area (Å²) in [6.45, 7) is 6.11. The minimum absolute atomic E-state index is 0.225. The van der Waals surface area contributed by atoms with Crippen LogP contribution >= 0.6 is 11.3 Å². The maximum absolute atomic E-state index is 13.7. The van der Waals surface area contributed by atoms with Gasteiger partial charge in [0.1, 0.15) is 5.82 Å². The van der Waals surface area contributed by atoms with Crippen LogP contribution in [0.3, 0.4) is 0 Å². The minimum Gasteiger partial charge on any atom is -0.375 e. The summed E-state index contributed by atoms with van der Waals surface area (Å²) in [5.74, 6) is -0.225. The molecule has 1 aromatic heterocycles. The first kappa shape index (κ1) is 14.5. The molecule has 2 aromatic rings. The summed E-state index contributed by atoms with van der Waals surface area (Å²) in [5.41, 5.74) is 8.45. The SMILES string of the molecule is Cc1cc(F)cc(-c2nc(N)sc2CN2CCC[C@H]2C)c1. The van der Waals surface area contributed by atoms with Crippen molar-refractivity contribution in [1.82, 2.24) is 9.88 Å². The zero-order valence-electron chi connectivity index (χ0n) is 12.4. The lowest BCUT2D eigenvalue weighted by Crippen LogP contribution is -2.25. The van der Waals surface area contributed by atoms with Gasteiger partial charge in [0.2, 0.25) is 0 Å². The van der Waals surface area contributed by atoms with Crippen molar-refractivity contribution in [2.45, 2.75) is 39.3 Å². The number of benzene rings is 1. The molecule has 1 aliphatic rings. The first-order chi connectivity index (χ1) is 10.0. The molecule has 0 bridgehead atoms. The zero-order valence-corrected chi connectivity index (χ0v) is 13.2. The fourth-order valence-electron chi connectivity index (χ4n) is 2.99. The van der Waals surface area contributed by atoms with Crippen molar-refractivity contribution in [3.8, 4) is 11.3 Å². The van der Waals surface area contributed by atoms with E-state index < -0.39 is 0 Å². The Bertz CT molecular complexity index is 633. The van der Waals surface area contributed by atoms with Gasteiger partial charge in [-0.05, 0) is 57.0 Å². The molecular formula is C16H20FN3S. The number of rotatable bonds is 3. The molecule has 0 spiro atoms. The second-order valence-corrected chi connectivity index (χ2v) is 6.92. The van der Waals surface area contributed by atoms with E-state index in [1.165, 1.54) is 30.2 Å². The maximum atomic E-state index is 13.7. The number of aryl methyl sites for hydroxylation is 1. The number of thiazole rings is 1. The van der Waals surface area contributed by atoms with Gasteiger partial charge in [0.25, 0.3) is 0 Å². The number of anilines is 1.